The minimum absolute atomic E-state index is 0.0842. The second-order valence-electron chi connectivity index (χ2n) is 4.66. The van der Waals surface area contributed by atoms with Crippen molar-refractivity contribution in [3.63, 3.8) is 0 Å². The van der Waals surface area contributed by atoms with Crippen molar-refractivity contribution in [1.29, 1.82) is 0 Å². The van der Waals surface area contributed by atoms with Gasteiger partial charge in [-0.15, -0.1) is 11.3 Å². The summed E-state index contributed by atoms with van der Waals surface area (Å²) < 4.78 is 25.9. The van der Waals surface area contributed by atoms with Crippen molar-refractivity contribution in [3.8, 4) is 0 Å². The molecule has 118 valence electrons. The molecule has 0 saturated carbocycles. The zero-order chi connectivity index (χ0) is 16.1. The first-order chi connectivity index (χ1) is 10.5. The van der Waals surface area contributed by atoms with Crippen molar-refractivity contribution in [3.05, 3.63) is 57.0 Å². The highest BCUT2D eigenvalue weighted by molar-refractivity contribution is 7.85. The molecule has 7 heteroatoms. The predicted octanol–water partition coefficient (Wildman–Crippen LogP) is 3.49. The van der Waals surface area contributed by atoms with E-state index in [1.165, 1.54) is 23.5 Å². The lowest BCUT2D eigenvalue weighted by molar-refractivity contribution is -0.120. The number of hydrogen-bond acceptors (Lipinski definition) is 3. The number of thiophene rings is 1. The number of halogens is 2. The van der Waals surface area contributed by atoms with E-state index < -0.39 is 21.9 Å². The summed E-state index contributed by atoms with van der Waals surface area (Å²) >= 11 is 7.45. The van der Waals surface area contributed by atoms with Gasteiger partial charge in [0.1, 0.15) is 11.1 Å². The normalized spacial score (nSPS) is 13.6. The van der Waals surface area contributed by atoms with E-state index in [1.807, 2.05) is 17.5 Å². The minimum Gasteiger partial charge on any atom is -0.350 e. The van der Waals surface area contributed by atoms with Gasteiger partial charge in [-0.25, -0.2) is 4.39 Å². The van der Waals surface area contributed by atoms with Gasteiger partial charge in [-0.3, -0.25) is 9.00 Å². The highest BCUT2D eigenvalue weighted by atomic mass is 35.5. The Morgan fingerprint density at radius 1 is 1.41 bits per heavy atom. The molecule has 1 heterocycles. The average molecular weight is 360 g/mol. The SMILES string of the molecule is CC(C(=O)NCc1cccs1)S(=O)Cc1c(F)cccc1Cl. The van der Waals surface area contributed by atoms with Crippen LogP contribution < -0.4 is 5.32 Å². The van der Waals surface area contributed by atoms with Crippen molar-refractivity contribution in [2.24, 2.45) is 0 Å². The summed E-state index contributed by atoms with van der Waals surface area (Å²) in [7, 11) is -1.55. The van der Waals surface area contributed by atoms with Crippen molar-refractivity contribution in [2.45, 2.75) is 24.5 Å². The van der Waals surface area contributed by atoms with Crippen LogP contribution in [0.15, 0.2) is 35.7 Å². The van der Waals surface area contributed by atoms with Gasteiger partial charge in [0, 0.05) is 26.3 Å². The van der Waals surface area contributed by atoms with Crippen LogP contribution in [0.4, 0.5) is 4.39 Å². The minimum atomic E-state index is -1.55. The Hall–Kier alpha value is -1.24. The van der Waals surface area contributed by atoms with Crippen LogP contribution in [0.5, 0.6) is 0 Å². The highest BCUT2D eigenvalue weighted by Crippen LogP contribution is 2.21. The third-order valence-corrected chi connectivity index (χ3v) is 5.94. The third-order valence-electron chi connectivity index (χ3n) is 3.13. The summed E-state index contributed by atoms with van der Waals surface area (Å²) in [6.45, 7) is 1.97. The zero-order valence-corrected chi connectivity index (χ0v) is 14.2. The Morgan fingerprint density at radius 2 is 2.18 bits per heavy atom. The Bertz CT molecular complexity index is 656. The van der Waals surface area contributed by atoms with Crippen LogP contribution in [0.3, 0.4) is 0 Å². The molecule has 22 heavy (non-hydrogen) atoms. The standard InChI is InChI=1S/C15H15ClFNO2S2/c1-10(15(19)18-8-11-4-3-7-21-11)22(20)9-12-13(16)5-2-6-14(12)17/h2-7,10H,8-9H2,1H3,(H,18,19). The van der Waals surface area contributed by atoms with Gasteiger partial charge in [-0.05, 0) is 30.5 Å². The van der Waals surface area contributed by atoms with Gasteiger partial charge in [-0.2, -0.15) is 0 Å². The molecule has 0 aliphatic carbocycles. The predicted molar refractivity (Wildman–Crippen MR) is 88.9 cm³/mol. The van der Waals surface area contributed by atoms with E-state index in [-0.39, 0.29) is 22.2 Å². The van der Waals surface area contributed by atoms with E-state index >= 15 is 0 Å². The van der Waals surface area contributed by atoms with Crippen molar-refractivity contribution < 1.29 is 13.4 Å². The number of carbonyl (C=O) groups is 1. The second kappa shape index (κ2) is 7.85. The molecular formula is C15H15ClFNO2S2. The fourth-order valence-corrected chi connectivity index (χ4v) is 3.89. The summed E-state index contributed by atoms with van der Waals surface area (Å²) in [6, 6.07) is 8.10. The van der Waals surface area contributed by atoms with Gasteiger partial charge in [-0.1, -0.05) is 23.7 Å². The van der Waals surface area contributed by atoms with Gasteiger partial charge in [0.05, 0.1) is 12.3 Å². The van der Waals surface area contributed by atoms with Crippen molar-refractivity contribution in [1.82, 2.24) is 5.32 Å². The highest BCUT2D eigenvalue weighted by Gasteiger charge is 2.22. The summed E-state index contributed by atoms with van der Waals surface area (Å²) in [5.41, 5.74) is 0.181. The maximum absolute atomic E-state index is 13.7. The lowest BCUT2D eigenvalue weighted by Gasteiger charge is -2.13. The molecule has 3 nitrogen and oxygen atoms in total. The topological polar surface area (TPSA) is 46.2 Å². The molecule has 0 aliphatic rings. The number of amides is 1. The smallest absolute Gasteiger partial charge is 0.235 e. The van der Waals surface area contributed by atoms with E-state index in [0.717, 1.165) is 4.88 Å². The van der Waals surface area contributed by atoms with Crippen LogP contribution in [0, 0.1) is 5.82 Å². The van der Waals surface area contributed by atoms with Crippen LogP contribution >= 0.6 is 22.9 Å². The monoisotopic (exact) mass is 359 g/mol. The first-order valence-electron chi connectivity index (χ1n) is 6.59. The molecule has 2 unspecified atom stereocenters. The molecule has 2 aromatic rings. The molecule has 1 aromatic heterocycles. The number of benzene rings is 1. The van der Waals surface area contributed by atoms with Gasteiger partial charge in [0.2, 0.25) is 5.91 Å². The van der Waals surface area contributed by atoms with Crippen LogP contribution in [0.1, 0.15) is 17.4 Å². The molecule has 0 saturated heterocycles. The molecular weight excluding hydrogens is 345 g/mol. The molecule has 0 bridgehead atoms. The molecule has 1 N–H and O–H groups in total. The summed E-state index contributed by atoms with van der Waals surface area (Å²) in [5.74, 6) is -0.912. The van der Waals surface area contributed by atoms with E-state index in [4.69, 9.17) is 11.6 Å². The maximum Gasteiger partial charge on any atom is 0.235 e. The summed E-state index contributed by atoms with van der Waals surface area (Å²) in [4.78, 5) is 13.0. The molecule has 1 amide bonds. The molecule has 1 aromatic carbocycles. The molecule has 0 radical (unpaired) electrons. The zero-order valence-electron chi connectivity index (χ0n) is 11.8. The largest absolute Gasteiger partial charge is 0.350 e. The Labute approximate surface area is 140 Å². The quantitative estimate of drug-likeness (QED) is 0.858. The van der Waals surface area contributed by atoms with Gasteiger partial charge >= 0.3 is 0 Å². The first-order valence-corrected chi connectivity index (χ1v) is 9.23. The number of rotatable bonds is 6. The third kappa shape index (κ3) is 4.38. The number of carbonyl (C=O) groups excluding carboxylic acids is 1. The van der Waals surface area contributed by atoms with Crippen molar-refractivity contribution >= 4 is 39.6 Å². The van der Waals surface area contributed by atoms with E-state index in [0.29, 0.717) is 6.54 Å². The average Bonchev–Trinajstić information content (AvgIpc) is 3.01. The van der Waals surface area contributed by atoms with Crippen LogP contribution in [0.25, 0.3) is 0 Å². The number of hydrogen-bond donors (Lipinski definition) is 1. The Balaban J connectivity index is 1.95. The molecule has 0 spiro atoms. The summed E-state index contributed by atoms with van der Waals surface area (Å²) in [5, 5.41) is 4.13. The molecule has 2 atom stereocenters. The van der Waals surface area contributed by atoms with E-state index in [2.05, 4.69) is 5.32 Å². The fourth-order valence-electron chi connectivity index (χ4n) is 1.79. The van der Waals surface area contributed by atoms with Crippen LogP contribution in [-0.4, -0.2) is 15.4 Å². The van der Waals surface area contributed by atoms with Gasteiger partial charge in [0.15, 0.2) is 0 Å². The van der Waals surface area contributed by atoms with Gasteiger partial charge in [0.25, 0.3) is 0 Å². The lowest BCUT2D eigenvalue weighted by Crippen LogP contribution is -2.35. The Kier molecular flexibility index (Phi) is 6.11. The first kappa shape index (κ1) is 17.1. The molecule has 0 fully saturated rings. The molecule has 0 aliphatic heterocycles. The van der Waals surface area contributed by atoms with E-state index in [1.54, 1.807) is 13.0 Å². The van der Waals surface area contributed by atoms with Crippen molar-refractivity contribution in [2.75, 3.05) is 0 Å². The van der Waals surface area contributed by atoms with Gasteiger partial charge < -0.3 is 5.32 Å². The maximum atomic E-state index is 13.7. The summed E-state index contributed by atoms with van der Waals surface area (Å²) in [6.07, 6.45) is 0. The van der Waals surface area contributed by atoms with Crippen LogP contribution in [-0.2, 0) is 27.9 Å². The number of nitrogens with one attached hydrogen (secondary N) is 1. The second-order valence-corrected chi connectivity index (χ2v) is 7.86. The lowest BCUT2D eigenvalue weighted by atomic mass is 10.2. The molecule has 2 rings (SSSR count). The Morgan fingerprint density at radius 3 is 2.82 bits per heavy atom. The van der Waals surface area contributed by atoms with E-state index in [9.17, 15) is 13.4 Å². The fraction of sp³-hybridized carbons (Fsp3) is 0.267. The van der Waals surface area contributed by atoms with Crippen LogP contribution in [0.2, 0.25) is 5.02 Å².